The van der Waals surface area contributed by atoms with E-state index in [-0.39, 0.29) is 6.42 Å². The zero-order valence-electron chi connectivity index (χ0n) is 7.77. The van der Waals surface area contributed by atoms with Crippen LogP contribution in [-0.4, -0.2) is 29.4 Å². The van der Waals surface area contributed by atoms with Gasteiger partial charge in [0, 0.05) is 18.4 Å². The number of hydrogen-bond acceptors (Lipinski definition) is 4. The average Bonchev–Trinajstić information content (AvgIpc) is 2.53. The molecule has 1 aromatic heterocycles. The Morgan fingerprint density at radius 2 is 2.43 bits per heavy atom. The zero-order chi connectivity index (χ0) is 10.6. The minimum atomic E-state index is -1.32. The second kappa shape index (κ2) is 5.09. The molecule has 0 saturated carbocycles. The largest absolute Gasteiger partial charge is 0.479 e. The monoisotopic (exact) mass is 216 g/mol. The molecule has 1 rings (SSSR count). The third-order valence-corrected chi connectivity index (χ3v) is 2.71. The lowest BCUT2D eigenvalue weighted by molar-refractivity contribution is -0.146. The Bertz CT molecular complexity index is 308. The van der Waals surface area contributed by atoms with Crippen molar-refractivity contribution in [2.45, 2.75) is 19.1 Å². The minimum absolute atomic E-state index is 0.156. The highest BCUT2D eigenvalue weighted by molar-refractivity contribution is 7.10. The van der Waals surface area contributed by atoms with Gasteiger partial charge in [-0.25, -0.2) is 4.79 Å². The number of hydrogen-bond donors (Lipinski definition) is 2. The van der Waals surface area contributed by atoms with Crippen LogP contribution < -0.4 is 0 Å². The van der Waals surface area contributed by atoms with Gasteiger partial charge in [-0.2, -0.15) is 0 Å². The van der Waals surface area contributed by atoms with E-state index >= 15 is 0 Å². The predicted molar refractivity (Wildman–Crippen MR) is 52.4 cm³/mol. The first-order chi connectivity index (χ1) is 6.63. The summed E-state index contributed by atoms with van der Waals surface area (Å²) in [5, 5.41) is 19.5. The van der Waals surface area contributed by atoms with Crippen molar-refractivity contribution in [1.82, 2.24) is 0 Å². The number of carbonyl (C=O) groups is 1. The van der Waals surface area contributed by atoms with Crippen LogP contribution in [0.25, 0.3) is 0 Å². The van der Waals surface area contributed by atoms with E-state index in [1.54, 1.807) is 7.11 Å². The lowest BCUT2D eigenvalue weighted by atomic mass is 10.2. The molecule has 1 unspecified atom stereocenters. The van der Waals surface area contributed by atoms with Gasteiger partial charge in [0.05, 0.1) is 6.61 Å². The van der Waals surface area contributed by atoms with Gasteiger partial charge in [0.1, 0.15) is 0 Å². The average molecular weight is 216 g/mol. The third kappa shape index (κ3) is 3.10. The molecule has 0 bridgehead atoms. The highest BCUT2D eigenvalue weighted by Crippen LogP contribution is 2.17. The fourth-order valence-corrected chi connectivity index (χ4v) is 1.97. The van der Waals surface area contributed by atoms with Crippen molar-refractivity contribution < 1.29 is 19.7 Å². The van der Waals surface area contributed by atoms with Gasteiger partial charge in [0.2, 0.25) is 0 Å². The van der Waals surface area contributed by atoms with E-state index in [0.29, 0.717) is 6.61 Å². The highest BCUT2D eigenvalue weighted by Gasteiger charge is 2.14. The fourth-order valence-electron chi connectivity index (χ4n) is 1.05. The number of methoxy groups -OCH3 is 1. The number of aliphatic hydroxyl groups excluding tert-OH is 1. The van der Waals surface area contributed by atoms with Crippen LogP contribution in [0.15, 0.2) is 11.4 Å². The standard InChI is InChI=1S/C9H12O4S/c1-13-4-6-2-7(14-5-6)3-8(10)9(11)12/h2,5,8,10H,3-4H2,1H3,(H,11,12). The molecule has 0 aliphatic carbocycles. The Kier molecular flexibility index (Phi) is 4.06. The summed E-state index contributed by atoms with van der Waals surface area (Å²) < 4.78 is 4.92. The topological polar surface area (TPSA) is 66.8 Å². The quantitative estimate of drug-likeness (QED) is 0.766. The molecule has 0 aromatic carbocycles. The van der Waals surface area contributed by atoms with Gasteiger partial charge in [0.25, 0.3) is 0 Å². The van der Waals surface area contributed by atoms with Crippen molar-refractivity contribution >= 4 is 17.3 Å². The molecule has 0 aliphatic heterocycles. The summed E-state index contributed by atoms with van der Waals surface area (Å²) in [5.74, 6) is -1.19. The molecule has 2 N–H and O–H groups in total. The number of carboxylic acids is 1. The third-order valence-electron chi connectivity index (χ3n) is 1.70. The summed E-state index contributed by atoms with van der Waals surface area (Å²) in [7, 11) is 1.60. The number of carboxylic acid groups (broad SMARTS) is 1. The molecule has 0 aliphatic rings. The molecule has 4 nitrogen and oxygen atoms in total. The first kappa shape index (κ1) is 11.2. The van der Waals surface area contributed by atoms with Gasteiger partial charge in [-0.05, 0) is 17.0 Å². The molecule has 1 atom stereocenters. The molecule has 1 aromatic rings. The number of rotatable bonds is 5. The molecular weight excluding hydrogens is 204 g/mol. The summed E-state index contributed by atoms with van der Waals surface area (Å²) in [6, 6.07) is 1.85. The lowest BCUT2D eigenvalue weighted by Gasteiger charge is -2.01. The van der Waals surface area contributed by atoms with E-state index in [2.05, 4.69) is 0 Å². The van der Waals surface area contributed by atoms with Gasteiger partial charge in [0.15, 0.2) is 6.10 Å². The number of ether oxygens (including phenoxy) is 1. The SMILES string of the molecule is COCc1csc(CC(O)C(=O)O)c1. The molecule has 78 valence electrons. The van der Waals surface area contributed by atoms with Crippen molar-refractivity contribution in [1.29, 1.82) is 0 Å². The summed E-state index contributed by atoms with van der Waals surface area (Å²) in [6.45, 7) is 0.514. The summed E-state index contributed by atoms with van der Waals surface area (Å²) in [4.78, 5) is 11.2. The molecule has 0 amide bonds. The summed E-state index contributed by atoms with van der Waals surface area (Å²) in [5.41, 5.74) is 1.00. The van der Waals surface area contributed by atoms with Crippen molar-refractivity contribution in [3.8, 4) is 0 Å². The van der Waals surface area contributed by atoms with Crippen LogP contribution in [0.5, 0.6) is 0 Å². The predicted octanol–water partition coefficient (Wildman–Crippen LogP) is 0.883. The Labute approximate surface area is 85.8 Å². The number of thiophene rings is 1. The fraction of sp³-hybridized carbons (Fsp3) is 0.444. The Balaban J connectivity index is 2.55. The zero-order valence-corrected chi connectivity index (χ0v) is 8.58. The van der Waals surface area contributed by atoms with Crippen LogP contribution in [0.3, 0.4) is 0 Å². The molecule has 0 radical (unpaired) electrons. The molecule has 14 heavy (non-hydrogen) atoms. The lowest BCUT2D eigenvalue weighted by Crippen LogP contribution is -2.21. The maximum atomic E-state index is 10.4. The van der Waals surface area contributed by atoms with Crippen LogP contribution in [-0.2, 0) is 22.6 Å². The van der Waals surface area contributed by atoms with E-state index in [1.165, 1.54) is 11.3 Å². The first-order valence-electron chi connectivity index (χ1n) is 4.09. The van der Waals surface area contributed by atoms with Gasteiger partial charge in [-0.1, -0.05) is 0 Å². The van der Waals surface area contributed by atoms with Crippen molar-refractivity contribution in [3.63, 3.8) is 0 Å². The van der Waals surface area contributed by atoms with E-state index < -0.39 is 12.1 Å². The Hall–Kier alpha value is -0.910. The van der Waals surface area contributed by atoms with Crippen LogP contribution in [0.4, 0.5) is 0 Å². The molecular formula is C9H12O4S. The molecule has 1 heterocycles. The normalized spacial score (nSPS) is 12.7. The molecule has 0 spiro atoms. The van der Waals surface area contributed by atoms with Gasteiger partial charge in [-0.15, -0.1) is 11.3 Å². The molecule has 5 heteroatoms. The van der Waals surface area contributed by atoms with Crippen LogP contribution in [0.1, 0.15) is 10.4 Å². The van der Waals surface area contributed by atoms with Gasteiger partial charge < -0.3 is 14.9 Å². The highest BCUT2D eigenvalue weighted by atomic mass is 32.1. The maximum Gasteiger partial charge on any atom is 0.332 e. The summed E-state index contributed by atoms with van der Waals surface area (Å²) in [6.07, 6.45) is -1.16. The minimum Gasteiger partial charge on any atom is -0.479 e. The van der Waals surface area contributed by atoms with Crippen molar-refractivity contribution in [2.75, 3.05) is 7.11 Å². The van der Waals surface area contributed by atoms with E-state index in [9.17, 15) is 4.79 Å². The van der Waals surface area contributed by atoms with Crippen LogP contribution in [0, 0.1) is 0 Å². The van der Waals surface area contributed by atoms with Crippen LogP contribution >= 0.6 is 11.3 Å². The van der Waals surface area contributed by atoms with Crippen molar-refractivity contribution in [3.05, 3.63) is 21.9 Å². The van der Waals surface area contributed by atoms with Crippen LogP contribution in [0.2, 0.25) is 0 Å². The Morgan fingerprint density at radius 3 is 3.00 bits per heavy atom. The second-order valence-electron chi connectivity index (χ2n) is 2.91. The number of aliphatic hydroxyl groups is 1. The van der Waals surface area contributed by atoms with Gasteiger partial charge >= 0.3 is 5.97 Å². The van der Waals surface area contributed by atoms with Crippen molar-refractivity contribution in [2.24, 2.45) is 0 Å². The molecule has 0 fully saturated rings. The number of aliphatic carboxylic acids is 1. The van der Waals surface area contributed by atoms with E-state index in [1.807, 2.05) is 11.4 Å². The molecule has 0 saturated heterocycles. The maximum absolute atomic E-state index is 10.4. The summed E-state index contributed by atoms with van der Waals surface area (Å²) >= 11 is 1.43. The van der Waals surface area contributed by atoms with E-state index in [4.69, 9.17) is 14.9 Å². The second-order valence-corrected chi connectivity index (χ2v) is 3.91. The van der Waals surface area contributed by atoms with E-state index in [0.717, 1.165) is 10.4 Å². The first-order valence-corrected chi connectivity index (χ1v) is 4.97. The van der Waals surface area contributed by atoms with Gasteiger partial charge in [-0.3, -0.25) is 0 Å². The Morgan fingerprint density at radius 1 is 1.71 bits per heavy atom. The smallest absolute Gasteiger partial charge is 0.332 e.